The number of carbonyl (C=O) groups is 1. The van der Waals surface area contributed by atoms with Crippen molar-refractivity contribution in [1.82, 2.24) is 14.9 Å². The van der Waals surface area contributed by atoms with Gasteiger partial charge in [0.05, 0.1) is 19.2 Å². The lowest BCUT2D eigenvalue weighted by atomic mass is 10.0. The van der Waals surface area contributed by atoms with E-state index in [0.717, 1.165) is 28.0 Å². The molecule has 0 bridgehead atoms. The Morgan fingerprint density at radius 1 is 0.909 bits per heavy atom. The molecule has 166 valence electrons. The fourth-order valence-electron chi connectivity index (χ4n) is 3.52. The number of hydrogen-bond donors (Lipinski definition) is 1. The maximum absolute atomic E-state index is 12.6. The molecule has 0 atom stereocenters. The van der Waals surface area contributed by atoms with Crippen molar-refractivity contribution in [3.8, 4) is 5.75 Å². The molecule has 6 heteroatoms. The third-order valence-electron chi connectivity index (χ3n) is 5.35. The van der Waals surface area contributed by atoms with Crippen LogP contribution in [0.1, 0.15) is 32.6 Å². The Balaban J connectivity index is 1.36. The minimum Gasteiger partial charge on any atom is -0.497 e. The molecule has 0 radical (unpaired) electrons. The number of hydrogen-bond acceptors (Lipinski definition) is 4. The molecule has 0 fully saturated rings. The van der Waals surface area contributed by atoms with Gasteiger partial charge >= 0.3 is 0 Å². The van der Waals surface area contributed by atoms with Crippen molar-refractivity contribution in [1.29, 1.82) is 0 Å². The first-order valence-corrected chi connectivity index (χ1v) is 10.7. The van der Waals surface area contributed by atoms with E-state index in [0.29, 0.717) is 25.1 Å². The van der Waals surface area contributed by atoms with Gasteiger partial charge in [0.15, 0.2) is 0 Å². The molecule has 6 nitrogen and oxygen atoms in total. The number of pyridine rings is 2. The molecule has 2 heterocycles. The summed E-state index contributed by atoms with van der Waals surface area (Å²) in [5, 5.41) is 2.93. The van der Waals surface area contributed by atoms with Gasteiger partial charge in [-0.3, -0.25) is 14.6 Å². The van der Waals surface area contributed by atoms with Crippen LogP contribution in [-0.4, -0.2) is 22.6 Å². The van der Waals surface area contributed by atoms with Gasteiger partial charge in [-0.15, -0.1) is 0 Å². The molecule has 0 unspecified atom stereocenters. The molecule has 0 aliphatic rings. The number of aromatic nitrogens is 2. The maximum Gasteiger partial charge on any atom is 0.253 e. The van der Waals surface area contributed by atoms with Crippen LogP contribution < -0.4 is 15.6 Å². The molecule has 2 aromatic carbocycles. The van der Waals surface area contributed by atoms with Crippen LogP contribution in [0, 0.1) is 0 Å². The normalized spacial score (nSPS) is 10.6. The first kappa shape index (κ1) is 22.0. The summed E-state index contributed by atoms with van der Waals surface area (Å²) in [4.78, 5) is 28.7. The van der Waals surface area contributed by atoms with Crippen molar-refractivity contribution in [2.75, 3.05) is 7.11 Å². The number of rotatable bonds is 8. The van der Waals surface area contributed by atoms with Crippen LogP contribution in [0.2, 0.25) is 0 Å². The van der Waals surface area contributed by atoms with Crippen molar-refractivity contribution in [2.24, 2.45) is 0 Å². The Hall–Kier alpha value is -4.19. The third kappa shape index (κ3) is 5.95. The SMILES string of the molecule is COc1ccc(CNC(=O)c2cncc(Cc3ccc(Cn4ccccc4=O)cc3)c2)cc1. The number of nitrogens with one attached hydrogen (secondary N) is 1. The summed E-state index contributed by atoms with van der Waals surface area (Å²) in [7, 11) is 1.62. The minimum absolute atomic E-state index is 0.0188. The third-order valence-corrected chi connectivity index (χ3v) is 5.35. The monoisotopic (exact) mass is 439 g/mol. The Morgan fingerprint density at radius 3 is 2.36 bits per heavy atom. The lowest BCUT2D eigenvalue weighted by molar-refractivity contribution is 0.0950. The summed E-state index contributed by atoms with van der Waals surface area (Å²) < 4.78 is 6.83. The molecular weight excluding hydrogens is 414 g/mol. The summed E-state index contributed by atoms with van der Waals surface area (Å²) >= 11 is 0. The van der Waals surface area contributed by atoms with Gasteiger partial charge in [-0.25, -0.2) is 0 Å². The van der Waals surface area contributed by atoms with Crippen LogP contribution in [0.4, 0.5) is 0 Å². The fourth-order valence-corrected chi connectivity index (χ4v) is 3.52. The second-order valence-corrected chi connectivity index (χ2v) is 7.77. The van der Waals surface area contributed by atoms with Crippen LogP contribution in [0.15, 0.2) is 96.2 Å². The zero-order chi connectivity index (χ0) is 23.0. The second kappa shape index (κ2) is 10.4. The summed E-state index contributed by atoms with van der Waals surface area (Å²) in [6.07, 6.45) is 5.80. The standard InChI is InChI=1S/C27H25N3O3/c1-33-25-11-9-21(10-12-25)17-29-27(32)24-15-23(16-28-18-24)14-20-5-7-22(8-6-20)19-30-13-3-2-4-26(30)31/h2-13,15-16,18H,14,17,19H2,1H3,(H,29,32). The van der Waals surface area contributed by atoms with Crippen molar-refractivity contribution in [3.63, 3.8) is 0 Å². The van der Waals surface area contributed by atoms with E-state index < -0.39 is 0 Å². The number of amides is 1. The molecule has 0 saturated carbocycles. The fraction of sp³-hybridized carbons (Fsp3) is 0.148. The topological polar surface area (TPSA) is 73.2 Å². The zero-order valence-corrected chi connectivity index (χ0v) is 18.4. The molecule has 1 N–H and O–H groups in total. The lowest BCUT2D eigenvalue weighted by Crippen LogP contribution is -2.23. The molecule has 33 heavy (non-hydrogen) atoms. The van der Waals surface area contributed by atoms with E-state index in [1.54, 1.807) is 42.4 Å². The molecule has 0 saturated heterocycles. The largest absolute Gasteiger partial charge is 0.497 e. The Labute approximate surface area is 192 Å². The molecule has 2 aromatic heterocycles. The van der Waals surface area contributed by atoms with Gasteiger partial charge < -0.3 is 14.6 Å². The summed E-state index contributed by atoms with van der Waals surface area (Å²) in [5.74, 6) is 0.618. The Morgan fingerprint density at radius 2 is 1.64 bits per heavy atom. The van der Waals surface area contributed by atoms with Crippen molar-refractivity contribution in [3.05, 3.63) is 130 Å². The van der Waals surface area contributed by atoms with Crippen LogP contribution >= 0.6 is 0 Å². The van der Waals surface area contributed by atoms with E-state index >= 15 is 0 Å². The lowest BCUT2D eigenvalue weighted by Gasteiger charge is -2.09. The first-order valence-electron chi connectivity index (χ1n) is 10.7. The summed E-state index contributed by atoms with van der Waals surface area (Å²) in [5.41, 5.74) is 4.62. The van der Waals surface area contributed by atoms with Crippen LogP contribution in [-0.2, 0) is 19.5 Å². The number of nitrogens with zero attached hydrogens (tertiary/aromatic N) is 2. The van der Waals surface area contributed by atoms with Gasteiger partial charge in [0.2, 0.25) is 0 Å². The molecule has 0 spiro atoms. The zero-order valence-electron chi connectivity index (χ0n) is 18.4. The van der Waals surface area contributed by atoms with Crippen LogP contribution in [0.5, 0.6) is 5.75 Å². The molecule has 4 aromatic rings. The van der Waals surface area contributed by atoms with Gasteiger partial charge in [0.25, 0.3) is 11.5 Å². The highest BCUT2D eigenvalue weighted by atomic mass is 16.5. The Bertz CT molecular complexity index is 1280. The minimum atomic E-state index is -0.163. The van der Waals surface area contributed by atoms with E-state index in [1.807, 2.05) is 60.7 Å². The number of methoxy groups -OCH3 is 1. The van der Waals surface area contributed by atoms with Gasteiger partial charge in [0, 0.05) is 31.2 Å². The average Bonchev–Trinajstić information content (AvgIpc) is 2.85. The Kier molecular flexibility index (Phi) is 6.95. The van der Waals surface area contributed by atoms with E-state index in [-0.39, 0.29) is 11.5 Å². The highest BCUT2D eigenvalue weighted by Crippen LogP contribution is 2.14. The number of ether oxygens (including phenoxy) is 1. The van der Waals surface area contributed by atoms with Crippen molar-refractivity contribution < 1.29 is 9.53 Å². The quantitative estimate of drug-likeness (QED) is 0.453. The van der Waals surface area contributed by atoms with Gasteiger partial charge in [0.1, 0.15) is 5.75 Å². The van der Waals surface area contributed by atoms with Crippen molar-refractivity contribution >= 4 is 5.91 Å². The maximum atomic E-state index is 12.6. The van der Waals surface area contributed by atoms with Crippen LogP contribution in [0.3, 0.4) is 0 Å². The second-order valence-electron chi connectivity index (χ2n) is 7.77. The molecule has 4 rings (SSSR count). The summed E-state index contributed by atoms with van der Waals surface area (Å²) in [6.45, 7) is 0.963. The predicted molar refractivity (Wildman–Crippen MR) is 127 cm³/mol. The van der Waals surface area contributed by atoms with Crippen molar-refractivity contribution in [2.45, 2.75) is 19.5 Å². The van der Waals surface area contributed by atoms with E-state index in [9.17, 15) is 9.59 Å². The molecule has 0 aliphatic carbocycles. The van der Waals surface area contributed by atoms with Gasteiger partial charge in [-0.05, 0) is 52.9 Å². The first-order chi connectivity index (χ1) is 16.1. The molecule has 1 amide bonds. The highest BCUT2D eigenvalue weighted by molar-refractivity contribution is 5.94. The number of benzene rings is 2. The molecule has 0 aliphatic heterocycles. The smallest absolute Gasteiger partial charge is 0.253 e. The van der Waals surface area contributed by atoms with Crippen LogP contribution in [0.25, 0.3) is 0 Å². The average molecular weight is 440 g/mol. The van der Waals surface area contributed by atoms with E-state index in [1.165, 1.54) is 0 Å². The van der Waals surface area contributed by atoms with Gasteiger partial charge in [-0.1, -0.05) is 42.5 Å². The van der Waals surface area contributed by atoms with Gasteiger partial charge in [-0.2, -0.15) is 0 Å². The van der Waals surface area contributed by atoms with E-state index in [4.69, 9.17) is 4.74 Å². The molecular formula is C27H25N3O3. The van der Waals surface area contributed by atoms with E-state index in [2.05, 4.69) is 10.3 Å². The number of carbonyl (C=O) groups excluding carboxylic acids is 1. The predicted octanol–water partition coefficient (Wildman–Crippen LogP) is 3.82. The highest BCUT2D eigenvalue weighted by Gasteiger charge is 2.08. The summed E-state index contributed by atoms with van der Waals surface area (Å²) in [6, 6.07) is 22.7.